The van der Waals surface area contributed by atoms with Gasteiger partial charge in [0.25, 0.3) is 11.7 Å². The molecule has 1 heterocycles. The zero-order valence-electron chi connectivity index (χ0n) is 22.3. The Bertz CT molecular complexity index is 1450. The van der Waals surface area contributed by atoms with Crippen LogP contribution in [0.2, 0.25) is 0 Å². The van der Waals surface area contributed by atoms with Crippen LogP contribution in [0.4, 0.5) is 18.9 Å². The number of anilines is 1. The highest BCUT2D eigenvalue weighted by Gasteiger charge is 2.47. The monoisotopic (exact) mass is 555 g/mol. The Morgan fingerprint density at radius 2 is 1.70 bits per heavy atom. The molecule has 1 atom stereocenters. The molecule has 4 rings (SSSR count). The van der Waals surface area contributed by atoms with E-state index in [1.165, 1.54) is 19.2 Å². The first-order chi connectivity index (χ1) is 18.9. The molecule has 1 unspecified atom stereocenters. The van der Waals surface area contributed by atoms with E-state index >= 15 is 0 Å². The number of amides is 1. The average molecular weight is 556 g/mol. The summed E-state index contributed by atoms with van der Waals surface area (Å²) in [4.78, 5) is 27.9. The molecule has 210 valence electrons. The van der Waals surface area contributed by atoms with Crippen LogP contribution in [-0.2, 0) is 9.59 Å². The van der Waals surface area contributed by atoms with Gasteiger partial charge in [0.2, 0.25) is 0 Å². The summed E-state index contributed by atoms with van der Waals surface area (Å²) in [7, 11) is 1.46. The Balaban J connectivity index is 1.82. The summed E-state index contributed by atoms with van der Waals surface area (Å²) in [5.74, 6) is -1.41. The van der Waals surface area contributed by atoms with Gasteiger partial charge in [-0.3, -0.25) is 14.5 Å². The molecule has 1 fully saturated rings. The van der Waals surface area contributed by atoms with Crippen LogP contribution in [0.25, 0.3) is 5.76 Å². The number of carbonyl (C=O) groups excluding carboxylic acids is 2. The van der Waals surface area contributed by atoms with Crippen LogP contribution in [0.3, 0.4) is 0 Å². The summed E-state index contributed by atoms with van der Waals surface area (Å²) in [6, 6.07) is 15.0. The summed E-state index contributed by atoms with van der Waals surface area (Å²) in [5.41, 5.74) is 1.43. The Morgan fingerprint density at radius 1 is 1.00 bits per heavy atom. The highest BCUT2D eigenvalue weighted by atomic mass is 19.4. The zero-order valence-corrected chi connectivity index (χ0v) is 22.3. The second kappa shape index (κ2) is 11.3. The van der Waals surface area contributed by atoms with Gasteiger partial charge in [0.05, 0.1) is 25.3 Å². The lowest BCUT2D eigenvalue weighted by Gasteiger charge is -2.26. The number of hydrogen-bond acceptors (Lipinski definition) is 6. The van der Waals surface area contributed by atoms with Crippen LogP contribution >= 0.6 is 0 Å². The van der Waals surface area contributed by atoms with E-state index in [0.29, 0.717) is 35.2 Å². The molecule has 7 nitrogen and oxygen atoms in total. The van der Waals surface area contributed by atoms with Gasteiger partial charge in [-0.25, -0.2) is 0 Å². The highest BCUT2D eigenvalue weighted by Crippen LogP contribution is 2.43. The largest absolute Gasteiger partial charge is 0.573 e. The standard InChI is InChI=1S/C30H28F3NO6/c1-17(2)16-39-24-13-8-20(14-18(24)3)27(35)25-26(19-6-5-7-23(15-19)38-4)34(29(37)28(25)36)21-9-11-22(12-10-21)40-30(31,32)33/h5-15,17,26,35H,16H2,1-4H3/b27-25-. The Kier molecular flexibility index (Phi) is 8.08. The summed E-state index contributed by atoms with van der Waals surface area (Å²) in [5, 5.41) is 11.4. The summed E-state index contributed by atoms with van der Waals surface area (Å²) < 4.78 is 53.0. The van der Waals surface area contributed by atoms with E-state index in [0.717, 1.165) is 22.6 Å². The van der Waals surface area contributed by atoms with Gasteiger partial charge in [0, 0.05) is 11.3 Å². The van der Waals surface area contributed by atoms with Gasteiger partial charge >= 0.3 is 6.36 Å². The molecule has 1 aliphatic rings. The first kappa shape index (κ1) is 28.5. The first-order valence-electron chi connectivity index (χ1n) is 12.4. The molecule has 3 aromatic carbocycles. The molecule has 3 aromatic rings. The molecule has 0 radical (unpaired) electrons. The third-order valence-electron chi connectivity index (χ3n) is 6.22. The number of aliphatic hydroxyl groups is 1. The number of ether oxygens (including phenoxy) is 3. The number of methoxy groups -OCH3 is 1. The minimum atomic E-state index is -4.89. The second-order valence-electron chi connectivity index (χ2n) is 9.67. The van der Waals surface area contributed by atoms with Crippen LogP contribution in [0.5, 0.6) is 17.2 Å². The van der Waals surface area contributed by atoms with Crippen LogP contribution in [-0.4, -0.2) is 36.9 Å². The molecule has 1 aliphatic heterocycles. The van der Waals surface area contributed by atoms with Crippen molar-refractivity contribution in [3.63, 3.8) is 0 Å². The van der Waals surface area contributed by atoms with Gasteiger partial charge in [-0.2, -0.15) is 0 Å². The van der Waals surface area contributed by atoms with E-state index in [1.54, 1.807) is 49.4 Å². The highest BCUT2D eigenvalue weighted by molar-refractivity contribution is 6.51. The van der Waals surface area contributed by atoms with Crippen molar-refractivity contribution < 1.29 is 42.1 Å². The number of carbonyl (C=O) groups is 2. The molecule has 0 aromatic heterocycles. The number of halogens is 3. The number of rotatable bonds is 8. The fourth-order valence-electron chi connectivity index (χ4n) is 4.40. The minimum Gasteiger partial charge on any atom is -0.507 e. The van der Waals surface area contributed by atoms with E-state index in [1.807, 2.05) is 13.8 Å². The minimum absolute atomic E-state index is 0.136. The predicted molar refractivity (Wildman–Crippen MR) is 142 cm³/mol. The van der Waals surface area contributed by atoms with Crippen molar-refractivity contribution in [3.05, 3.63) is 89.0 Å². The molecule has 1 amide bonds. The SMILES string of the molecule is COc1cccc(C2/C(=C(/O)c3ccc(OCC(C)C)c(C)c3)C(=O)C(=O)N2c2ccc(OC(F)(F)F)cc2)c1. The predicted octanol–water partition coefficient (Wildman–Crippen LogP) is 6.56. The number of aliphatic hydroxyl groups excluding tert-OH is 1. The lowest BCUT2D eigenvalue weighted by atomic mass is 9.94. The number of Topliss-reactive ketones (excluding diaryl/α,β-unsaturated/α-hetero) is 1. The number of alkyl halides is 3. The summed E-state index contributed by atoms with van der Waals surface area (Å²) >= 11 is 0. The zero-order chi connectivity index (χ0) is 29.2. The van der Waals surface area contributed by atoms with Crippen molar-refractivity contribution in [1.29, 1.82) is 0 Å². The molecule has 0 bridgehead atoms. The lowest BCUT2D eigenvalue weighted by molar-refractivity contribution is -0.274. The first-order valence-corrected chi connectivity index (χ1v) is 12.4. The second-order valence-corrected chi connectivity index (χ2v) is 9.67. The van der Waals surface area contributed by atoms with Crippen molar-refractivity contribution in [2.24, 2.45) is 5.92 Å². The van der Waals surface area contributed by atoms with Gasteiger partial charge in [0.15, 0.2) is 0 Å². The van der Waals surface area contributed by atoms with Crippen LogP contribution in [0, 0.1) is 12.8 Å². The fraction of sp³-hybridized carbons (Fsp3) is 0.267. The number of aryl methyl sites for hydroxylation is 1. The molecule has 1 saturated heterocycles. The number of hydrogen-bond donors (Lipinski definition) is 1. The Labute approximate surface area is 229 Å². The van der Waals surface area contributed by atoms with E-state index in [2.05, 4.69) is 4.74 Å². The van der Waals surface area contributed by atoms with Crippen LogP contribution in [0.1, 0.15) is 36.6 Å². The van der Waals surface area contributed by atoms with Crippen molar-refractivity contribution in [1.82, 2.24) is 0 Å². The Hall–Kier alpha value is -4.47. The Morgan fingerprint density at radius 3 is 2.30 bits per heavy atom. The third kappa shape index (κ3) is 6.06. The topological polar surface area (TPSA) is 85.3 Å². The fourth-order valence-corrected chi connectivity index (χ4v) is 4.40. The maximum atomic E-state index is 13.4. The van der Waals surface area contributed by atoms with Gasteiger partial charge < -0.3 is 19.3 Å². The molecule has 10 heteroatoms. The summed E-state index contributed by atoms with van der Waals surface area (Å²) in [6.45, 7) is 6.34. The van der Waals surface area contributed by atoms with Crippen molar-refractivity contribution >= 4 is 23.1 Å². The van der Waals surface area contributed by atoms with Gasteiger partial charge in [-0.15, -0.1) is 13.2 Å². The average Bonchev–Trinajstić information content (AvgIpc) is 3.17. The van der Waals surface area contributed by atoms with Crippen molar-refractivity contribution in [3.8, 4) is 17.2 Å². The van der Waals surface area contributed by atoms with Crippen molar-refractivity contribution in [2.75, 3.05) is 18.6 Å². The molecular formula is C30H28F3NO6. The van der Waals surface area contributed by atoms with Crippen LogP contribution in [0.15, 0.2) is 72.3 Å². The van der Waals surface area contributed by atoms with E-state index < -0.39 is 35.6 Å². The molecule has 1 N–H and O–H groups in total. The summed E-state index contributed by atoms with van der Waals surface area (Å²) in [6.07, 6.45) is -4.89. The van der Waals surface area contributed by atoms with E-state index in [9.17, 15) is 27.9 Å². The quantitative estimate of drug-likeness (QED) is 0.192. The maximum absolute atomic E-state index is 13.4. The normalized spacial score (nSPS) is 16.9. The molecule has 0 spiro atoms. The van der Waals surface area contributed by atoms with Gasteiger partial charge in [-0.05, 0) is 78.6 Å². The van der Waals surface area contributed by atoms with E-state index in [-0.39, 0.29) is 11.3 Å². The number of benzene rings is 3. The third-order valence-corrected chi connectivity index (χ3v) is 6.22. The molecule has 0 aliphatic carbocycles. The molecule has 0 saturated carbocycles. The number of nitrogens with zero attached hydrogens (tertiary/aromatic N) is 1. The van der Waals surface area contributed by atoms with Crippen LogP contribution < -0.4 is 19.1 Å². The smallest absolute Gasteiger partial charge is 0.507 e. The van der Waals surface area contributed by atoms with E-state index in [4.69, 9.17) is 9.47 Å². The molecule has 40 heavy (non-hydrogen) atoms. The van der Waals surface area contributed by atoms with Gasteiger partial charge in [0.1, 0.15) is 23.0 Å². The molecular weight excluding hydrogens is 527 g/mol. The van der Waals surface area contributed by atoms with Crippen molar-refractivity contribution in [2.45, 2.75) is 33.2 Å². The maximum Gasteiger partial charge on any atom is 0.573 e. The van der Waals surface area contributed by atoms with Gasteiger partial charge in [-0.1, -0.05) is 26.0 Å². The number of ketones is 1. The lowest BCUT2D eigenvalue weighted by Crippen LogP contribution is -2.29.